The van der Waals surface area contributed by atoms with Crippen LogP contribution in [0, 0.1) is 17.6 Å². The fraction of sp³-hybridized carbons (Fsp3) is 0.538. The molecule has 1 aliphatic rings. The zero-order valence-corrected chi connectivity index (χ0v) is 11.5. The first-order valence-corrected chi connectivity index (χ1v) is 8.18. The second kappa shape index (κ2) is 5.54. The topological polar surface area (TPSA) is 46.2 Å². The molecule has 1 saturated carbocycles. The van der Waals surface area contributed by atoms with E-state index in [4.69, 9.17) is 0 Å². The van der Waals surface area contributed by atoms with Crippen LogP contribution in [0.15, 0.2) is 18.2 Å². The highest BCUT2D eigenvalue weighted by Crippen LogP contribution is 2.37. The molecule has 1 aromatic rings. The zero-order valence-electron chi connectivity index (χ0n) is 10.7. The normalized spacial score (nSPS) is 18.7. The van der Waals surface area contributed by atoms with Crippen molar-refractivity contribution in [3.05, 3.63) is 35.4 Å². The van der Waals surface area contributed by atoms with Gasteiger partial charge in [-0.3, -0.25) is 0 Å². The Kier molecular flexibility index (Phi) is 4.20. The Balaban J connectivity index is 2.35. The van der Waals surface area contributed by atoms with Gasteiger partial charge in [0.05, 0.1) is 12.3 Å². The Hall–Kier alpha value is -1.01. The van der Waals surface area contributed by atoms with Crippen molar-refractivity contribution in [2.75, 3.05) is 6.26 Å². The zero-order chi connectivity index (χ0) is 14.0. The summed E-state index contributed by atoms with van der Waals surface area (Å²) < 4.78 is 52.2. The van der Waals surface area contributed by atoms with E-state index in [9.17, 15) is 17.2 Å². The van der Waals surface area contributed by atoms with Crippen molar-refractivity contribution in [2.24, 2.45) is 5.92 Å². The minimum atomic E-state index is -3.45. The van der Waals surface area contributed by atoms with Gasteiger partial charge in [-0.2, -0.15) is 0 Å². The van der Waals surface area contributed by atoms with Gasteiger partial charge in [-0.1, -0.05) is 18.9 Å². The van der Waals surface area contributed by atoms with Crippen LogP contribution >= 0.6 is 0 Å². The first-order valence-electron chi connectivity index (χ1n) is 6.29. The highest BCUT2D eigenvalue weighted by molar-refractivity contribution is 7.88. The van der Waals surface area contributed by atoms with Crippen LogP contribution in [-0.2, 0) is 10.0 Å². The Morgan fingerprint density at radius 3 is 2.42 bits per heavy atom. The number of hydrogen-bond donors (Lipinski definition) is 1. The minimum absolute atomic E-state index is 0.0645. The molecule has 1 atom stereocenters. The third kappa shape index (κ3) is 3.73. The van der Waals surface area contributed by atoms with Crippen molar-refractivity contribution in [1.82, 2.24) is 4.72 Å². The van der Waals surface area contributed by atoms with Gasteiger partial charge in [0.2, 0.25) is 10.0 Å². The summed E-state index contributed by atoms with van der Waals surface area (Å²) in [7, 11) is -3.45. The molecule has 2 rings (SSSR count). The lowest BCUT2D eigenvalue weighted by Gasteiger charge is -2.24. The SMILES string of the molecule is CS(=O)(=O)N[C@H](c1ccc(F)cc1F)C1CCCC1. The van der Waals surface area contributed by atoms with Crippen LogP contribution in [0.2, 0.25) is 0 Å². The summed E-state index contributed by atoms with van der Waals surface area (Å²) in [6.07, 6.45) is 4.77. The lowest BCUT2D eigenvalue weighted by atomic mass is 9.92. The molecule has 0 radical (unpaired) electrons. The summed E-state index contributed by atoms with van der Waals surface area (Å²) in [5, 5.41) is 0. The number of halogens is 2. The van der Waals surface area contributed by atoms with Crippen molar-refractivity contribution in [3.8, 4) is 0 Å². The third-order valence-electron chi connectivity index (χ3n) is 3.51. The Bertz CT molecular complexity index is 554. The van der Waals surface area contributed by atoms with E-state index < -0.39 is 27.7 Å². The summed E-state index contributed by atoms with van der Waals surface area (Å²) in [6, 6.07) is 2.66. The predicted molar refractivity (Wildman–Crippen MR) is 69.0 cm³/mol. The van der Waals surface area contributed by atoms with Crippen LogP contribution in [0.5, 0.6) is 0 Å². The fourth-order valence-electron chi connectivity index (χ4n) is 2.69. The van der Waals surface area contributed by atoms with Crippen molar-refractivity contribution in [3.63, 3.8) is 0 Å². The van der Waals surface area contributed by atoms with Crippen LogP contribution in [0.4, 0.5) is 8.78 Å². The van der Waals surface area contributed by atoms with Crippen LogP contribution in [0.25, 0.3) is 0 Å². The molecule has 1 aliphatic carbocycles. The van der Waals surface area contributed by atoms with E-state index in [1.807, 2.05) is 0 Å². The molecule has 1 aromatic carbocycles. The van der Waals surface area contributed by atoms with Crippen LogP contribution < -0.4 is 4.72 Å². The first-order chi connectivity index (χ1) is 8.87. The summed E-state index contributed by atoms with van der Waals surface area (Å²) in [4.78, 5) is 0. The van der Waals surface area contributed by atoms with Gasteiger partial charge >= 0.3 is 0 Å². The highest BCUT2D eigenvalue weighted by Gasteiger charge is 2.30. The molecule has 1 N–H and O–H groups in total. The van der Waals surface area contributed by atoms with E-state index in [-0.39, 0.29) is 11.5 Å². The largest absolute Gasteiger partial charge is 0.213 e. The summed E-state index contributed by atoms with van der Waals surface area (Å²) in [5.41, 5.74) is 0.221. The maximum atomic E-state index is 13.9. The Morgan fingerprint density at radius 2 is 1.89 bits per heavy atom. The molecule has 1 fully saturated rings. The van der Waals surface area contributed by atoms with E-state index in [1.54, 1.807) is 0 Å². The van der Waals surface area contributed by atoms with Gasteiger partial charge in [-0.15, -0.1) is 0 Å². The lowest BCUT2D eigenvalue weighted by Crippen LogP contribution is -2.32. The standard InChI is InChI=1S/C13H17F2NO2S/c1-19(17,18)16-13(9-4-2-3-5-9)11-7-6-10(14)8-12(11)15/h6-9,13,16H,2-5H2,1H3/t13-/m0/s1. The number of nitrogens with one attached hydrogen (secondary N) is 1. The van der Waals surface area contributed by atoms with E-state index >= 15 is 0 Å². The summed E-state index contributed by atoms with van der Waals surface area (Å²) >= 11 is 0. The van der Waals surface area contributed by atoms with E-state index in [0.717, 1.165) is 44.1 Å². The van der Waals surface area contributed by atoms with Crippen molar-refractivity contribution >= 4 is 10.0 Å². The molecule has 0 heterocycles. The van der Waals surface area contributed by atoms with Gasteiger partial charge in [-0.25, -0.2) is 21.9 Å². The average Bonchev–Trinajstić information content (AvgIpc) is 2.78. The number of rotatable bonds is 4. The van der Waals surface area contributed by atoms with E-state index in [0.29, 0.717) is 0 Å². The quantitative estimate of drug-likeness (QED) is 0.926. The van der Waals surface area contributed by atoms with Crippen LogP contribution in [0.1, 0.15) is 37.3 Å². The predicted octanol–water partition coefficient (Wildman–Crippen LogP) is 2.75. The van der Waals surface area contributed by atoms with Gasteiger partial charge in [0.25, 0.3) is 0 Å². The maximum absolute atomic E-state index is 13.9. The first kappa shape index (κ1) is 14.4. The minimum Gasteiger partial charge on any atom is -0.213 e. The summed E-state index contributed by atoms with van der Waals surface area (Å²) in [5.74, 6) is -1.30. The maximum Gasteiger partial charge on any atom is 0.209 e. The van der Waals surface area contributed by atoms with Crippen LogP contribution in [0.3, 0.4) is 0 Å². The Labute approximate surface area is 112 Å². The fourth-order valence-corrected chi connectivity index (χ4v) is 3.47. The molecular weight excluding hydrogens is 272 g/mol. The molecule has 0 aromatic heterocycles. The molecule has 0 spiro atoms. The second-order valence-corrected chi connectivity index (χ2v) is 6.86. The number of benzene rings is 1. The molecule has 106 valence electrons. The van der Waals surface area contributed by atoms with Crippen LogP contribution in [-0.4, -0.2) is 14.7 Å². The smallest absolute Gasteiger partial charge is 0.209 e. The third-order valence-corrected chi connectivity index (χ3v) is 4.19. The molecule has 0 bridgehead atoms. The molecular formula is C13H17F2NO2S. The molecule has 0 unspecified atom stereocenters. The molecule has 19 heavy (non-hydrogen) atoms. The molecule has 6 heteroatoms. The van der Waals surface area contributed by atoms with Gasteiger partial charge < -0.3 is 0 Å². The molecule has 0 saturated heterocycles. The molecule has 0 aliphatic heterocycles. The summed E-state index contributed by atoms with van der Waals surface area (Å²) in [6.45, 7) is 0. The Morgan fingerprint density at radius 1 is 1.26 bits per heavy atom. The van der Waals surface area contributed by atoms with Crippen molar-refractivity contribution < 1.29 is 17.2 Å². The number of sulfonamides is 1. The molecule has 3 nitrogen and oxygen atoms in total. The monoisotopic (exact) mass is 289 g/mol. The van der Waals surface area contributed by atoms with Gasteiger partial charge in [0.15, 0.2) is 0 Å². The van der Waals surface area contributed by atoms with Crippen molar-refractivity contribution in [2.45, 2.75) is 31.7 Å². The molecule has 0 amide bonds. The van der Waals surface area contributed by atoms with Gasteiger partial charge in [0, 0.05) is 11.6 Å². The lowest BCUT2D eigenvalue weighted by molar-refractivity contribution is 0.397. The van der Waals surface area contributed by atoms with Gasteiger partial charge in [-0.05, 0) is 24.8 Å². The number of hydrogen-bond acceptors (Lipinski definition) is 2. The highest BCUT2D eigenvalue weighted by atomic mass is 32.2. The average molecular weight is 289 g/mol. The second-order valence-electron chi connectivity index (χ2n) is 5.08. The van der Waals surface area contributed by atoms with Crippen molar-refractivity contribution in [1.29, 1.82) is 0 Å². The van der Waals surface area contributed by atoms with E-state index in [2.05, 4.69) is 4.72 Å². The van der Waals surface area contributed by atoms with E-state index in [1.165, 1.54) is 6.07 Å². The van der Waals surface area contributed by atoms with Gasteiger partial charge in [0.1, 0.15) is 11.6 Å².